The lowest BCUT2D eigenvalue weighted by Gasteiger charge is -2.31. The van der Waals surface area contributed by atoms with Gasteiger partial charge in [-0.3, -0.25) is 9.59 Å². The molecule has 1 aliphatic carbocycles. The molecule has 0 radical (unpaired) electrons. The van der Waals surface area contributed by atoms with Crippen LogP contribution in [0.1, 0.15) is 50.5 Å². The predicted molar refractivity (Wildman–Crippen MR) is 114 cm³/mol. The molecule has 2 aromatic rings. The van der Waals surface area contributed by atoms with E-state index >= 15 is 0 Å². The molecule has 1 spiro atoms. The first-order valence-electron chi connectivity index (χ1n) is 10.8. The summed E-state index contributed by atoms with van der Waals surface area (Å²) in [6, 6.07) is 13.3. The summed E-state index contributed by atoms with van der Waals surface area (Å²) in [6.45, 7) is 0. The highest BCUT2D eigenvalue weighted by Crippen LogP contribution is 2.46. The van der Waals surface area contributed by atoms with E-state index < -0.39 is 5.79 Å². The minimum atomic E-state index is -0.520. The summed E-state index contributed by atoms with van der Waals surface area (Å²) in [7, 11) is 0. The van der Waals surface area contributed by atoms with E-state index in [-0.39, 0.29) is 17.7 Å². The van der Waals surface area contributed by atoms with Crippen LogP contribution >= 0.6 is 0 Å². The van der Waals surface area contributed by atoms with E-state index in [9.17, 15) is 9.59 Å². The molecule has 2 aromatic carbocycles. The summed E-state index contributed by atoms with van der Waals surface area (Å²) in [5, 5.41) is 5.87. The van der Waals surface area contributed by atoms with E-state index in [0.29, 0.717) is 30.7 Å². The monoisotopic (exact) mass is 406 g/mol. The summed E-state index contributed by atoms with van der Waals surface area (Å²) in [6.07, 6.45) is 6.70. The number of nitrogens with one attached hydrogen (secondary N) is 2. The van der Waals surface area contributed by atoms with Gasteiger partial charge in [-0.05, 0) is 49.4 Å². The summed E-state index contributed by atoms with van der Waals surface area (Å²) in [4.78, 5) is 24.8. The number of hydrogen-bond donors (Lipinski definition) is 2. The molecule has 2 heterocycles. The molecular weight excluding hydrogens is 380 g/mol. The Bertz CT molecular complexity index is 981. The molecule has 6 heteroatoms. The van der Waals surface area contributed by atoms with Crippen LogP contribution in [-0.2, 0) is 16.0 Å². The van der Waals surface area contributed by atoms with Gasteiger partial charge in [0.25, 0.3) is 5.79 Å². The zero-order valence-corrected chi connectivity index (χ0v) is 16.9. The van der Waals surface area contributed by atoms with E-state index in [1.807, 2.05) is 42.5 Å². The zero-order valence-electron chi connectivity index (χ0n) is 16.9. The Kier molecular flexibility index (Phi) is 4.85. The van der Waals surface area contributed by atoms with Crippen molar-refractivity contribution < 1.29 is 19.1 Å². The predicted octanol–water partition coefficient (Wildman–Crippen LogP) is 4.65. The van der Waals surface area contributed by atoms with Gasteiger partial charge in [0.1, 0.15) is 0 Å². The van der Waals surface area contributed by atoms with E-state index in [4.69, 9.17) is 9.47 Å². The van der Waals surface area contributed by atoms with Crippen LogP contribution in [0, 0.1) is 5.92 Å². The topological polar surface area (TPSA) is 76.7 Å². The Morgan fingerprint density at radius 3 is 2.73 bits per heavy atom. The van der Waals surface area contributed by atoms with Crippen LogP contribution in [0.25, 0.3) is 0 Å². The number of hydrogen-bond acceptors (Lipinski definition) is 4. The summed E-state index contributed by atoms with van der Waals surface area (Å²) in [5.74, 6) is 0.614. The summed E-state index contributed by atoms with van der Waals surface area (Å²) in [5.41, 5.74) is 2.68. The second-order valence-corrected chi connectivity index (χ2v) is 8.47. The summed E-state index contributed by atoms with van der Waals surface area (Å²) >= 11 is 0. The van der Waals surface area contributed by atoms with Crippen LogP contribution in [0.3, 0.4) is 0 Å². The van der Waals surface area contributed by atoms with Crippen LogP contribution in [0.5, 0.6) is 11.5 Å². The highest BCUT2D eigenvalue weighted by Gasteiger charge is 2.42. The molecule has 0 bridgehead atoms. The Balaban J connectivity index is 1.17. The maximum absolute atomic E-state index is 12.5. The third kappa shape index (κ3) is 3.74. The number of fused-ring (bicyclic) bond motifs is 2. The van der Waals surface area contributed by atoms with Crippen molar-refractivity contribution >= 4 is 23.2 Å². The standard InChI is InChI=1S/C24H26N2O4/c27-22(11-8-17-14-16-6-2-3-7-19(16)26-23(17)28)25-18-9-10-20-21(15-18)30-24(29-20)12-4-1-5-13-24/h2-3,6-7,9-10,15,17H,1,4-5,8,11-14H2,(H,25,27)(H,26,28). The van der Waals surface area contributed by atoms with E-state index in [1.54, 1.807) is 0 Å². The first-order chi connectivity index (χ1) is 14.6. The van der Waals surface area contributed by atoms with Gasteiger partial charge in [0.15, 0.2) is 11.5 Å². The van der Waals surface area contributed by atoms with Gasteiger partial charge in [-0.1, -0.05) is 24.6 Å². The Morgan fingerprint density at radius 1 is 1.07 bits per heavy atom. The second-order valence-electron chi connectivity index (χ2n) is 8.47. The molecule has 1 unspecified atom stereocenters. The molecule has 0 saturated heterocycles. The molecule has 3 aliphatic rings. The van der Waals surface area contributed by atoms with Crippen molar-refractivity contribution in [2.45, 2.75) is 57.2 Å². The van der Waals surface area contributed by atoms with Crippen molar-refractivity contribution in [3.05, 3.63) is 48.0 Å². The molecule has 0 aromatic heterocycles. The minimum absolute atomic E-state index is 0.0117. The highest BCUT2D eigenvalue weighted by atomic mass is 16.7. The number of benzene rings is 2. The lowest BCUT2D eigenvalue weighted by molar-refractivity contribution is -0.121. The first-order valence-corrected chi connectivity index (χ1v) is 10.8. The number of para-hydroxylation sites is 1. The van der Waals surface area contributed by atoms with Gasteiger partial charge in [0, 0.05) is 42.6 Å². The minimum Gasteiger partial charge on any atom is -0.448 e. The molecule has 5 rings (SSSR count). The lowest BCUT2D eigenvalue weighted by atomic mass is 9.89. The number of amides is 2. The molecule has 156 valence electrons. The van der Waals surface area contributed by atoms with Crippen molar-refractivity contribution in [3.8, 4) is 11.5 Å². The Morgan fingerprint density at radius 2 is 1.87 bits per heavy atom. The van der Waals surface area contributed by atoms with Gasteiger partial charge in [0.05, 0.1) is 0 Å². The molecule has 1 saturated carbocycles. The Hall–Kier alpha value is -3.02. The van der Waals surface area contributed by atoms with E-state index in [2.05, 4.69) is 10.6 Å². The van der Waals surface area contributed by atoms with Crippen LogP contribution in [0.15, 0.2) is 42.5 Å². The van der Waals surface area contributed by atoms with Crippen molar-refractivity contribution in [1.82, 2.24) is 0 Å². The van der Waals surface area contributed by atoms with E-state index in [1.165, 1.54) is 6.42 Å². The lowest BCUT2D eigenvalue weighted by Crippen LogP contribution is -2.40. The quantitative estimate of drug-likeness (QED) is 0.775. The number of ether oxygens (including phenoxy) is 2. The van der Waals surface area contributed by atoms with Gasteiger partial charge in [-0.25, -0.2) is 0 Å². The maximum Gasteiger partial charge on any atom is 0.251 e. The van der Waals surface area contributed by atoms with Crippen LogP contribution in [0.2, 0.25) is 0 Å². The normalized spacial score (nSPS) is 21.1. The third-order valence-electron chi connectivity index (χ3n) is 6.27. The molecule has 6 nitrogen and oxygen atoms in total. The van der Waals surface area contributed by atoms with Crippen molar-refractivity contribution in [1.29, 1.82) is 0 Å². The molecule has 2 N–H and O–H groups in total. The SMILES string of the molecule is O=C(CCC1Cc2ccccc2NC1=O)Nc1ccc2c(c1)OC1(CCCCC1)O2. The number of rotatable bonds is 4. The van der Waals surface area contributed by atoms with Crippen LogP contribution in [-0.4, -0.2) is 17.6 Å². The van der Waals surface area contributed by atoms with Gasteiger partial charge in [-0.2, -0.15) is 0 Å². The molecule has 1 atom stereocenters. The number of anilines is 2. The molecule has 1 fully saturated rings. The molecule has 2 amide bonds. The largest absolute Gasteiger partial charge is 0.448 e. The van der Waals surface area contributed by atoms with E-state index in [0.717, 1.165) is 42.7 Å². The fourth-order valence-corrected chi connectivity index (χ4v) is 4.64. The van der Waals surface area contributed by atoms with Crippen LogP contribution in [0.4, 0.5) is 11.4 Å². The average molecular weight is 406 g/mol. The fraction of sp³-hybridized carbons (Fsp3) is 0.417. The van der Waals surface area contributed by atoms with Gasteiger partial charge in [0.2, 0.25) is 11.8 Å². The fourth-order valence-electron chi connectivity index (χ4n) is 4.64. The third-order valence-corrected chi connectivity index (χ3v) is 6.27. The van der Waals surface area contributed by atoms with Gasteiger partial charge < -0.3 is 20.1 Å². The maximum atomic E-state index is 12.5. The van der Waals surface area contributed by atoms with Gasteiger partial charge in [-0.15, -0.1) is 0 Å². The highest BCUT2D eigenvalue weighted by molar-refractivity contribution is 5.96. The average Bonchev–Trinajstić information content (AvgIpc) is 3.09. The summed E-state index contributed by atoms with van der Waals surface area (Å²) < 4.78 is 12.2. The van der Waals surface area contributed by atoms with Crippen molar-refractivity contribution in [2.75, 3.05) is 10.6 Å². The zero-order chi connectivity index (χ0) is 20.6. The molecule has 30 heavy (non-hydrogen) atoms. The van der Waals surface area contributed by atoms with Crippen molar-refractivity contribution in [2.24, 2.45) is 5.92 Å². The van der Waals surface area contributed by atoms with Crippen molar-refractivity contribution in [3.63, 3.8) is 0 Å². The number of carbonyl (C=O) groups excluding carboxylic acids is 2. The smallest absolute Gasteiger partial charge is 0.251 e. The number of carbonyl (C=O) groups is 2. The molecular formula is C24H26N2O4. The van der Waals surface area contributed by atoms with Crippen LogP contribution < -0.4 is 20.1 Å². The second kappa shape index (κ2) is 7.67. The molecule has 2 aliphatic heterocycles. The Labute approximate surface area is 176 Å². The first kappa shape index (κ1) is 19.0. The van der Waals surface area contributed by atoms with Gasteiger partial charge >= 0.3 is 0 Å².